The SMILES string of the molecule is Cc1ccccc1N(c1ccccc1)c1ccc(-c2cc(-c3ccccc3)c(-c3ccc(N(c4ccccc4)c4ccc5c(c4)C(c4ccccc4)(c4ccccc4)c4ccccc4-5)cc3)cc2-c2ccccc2)cc1. The maximum Gasteiger partial charge on any atom is 0.0714 e. The molecule has 2 nitrogen and oxygen atoms in total. The van der Waals surface area contributed by atoms with E-state index in [2.05, 4.69) is 326 Å². The van der Waals surface area contributed by atoms with Crippen LogP contribution in [0.2, 0.25) is 0 Å². The number of fused-ring (bicyclic) bond motifs is 3. The summed E-state index contributed by atoms with van der Waals surface area (Å²) in [5.74, 6) is 0. The van der Waals surface area contributed by atoms with Gasteiger partial charge in [0.15, 0.2) is 0 Å². The lowest BCUT2D eigenvalue weighted by atomic mass is 9.67. The Morgan fingerprint density at radius 3 is 1.09 bits per heavy atom. The Kier molecular flexibility index (Phi) is 12.1. The zero-order valence-electron chi connectivity index (χ0n) is 42.3. The fourth-order valence-electron chi connectivity index (χ4n) is 11.8. The zero-order chi connectivity index (χ0) is 50.8. The molecule has 1 aliphatic rings. The number of benzene rings is 12. The number of hydrogen-bond donors (Lipinski definition) is 0. The quantitative estimate of drug-likeness (QED) is 0.120. The Morgan fingerprint density at radius 2 is 0.592 bits per heavy atom. The van der Waals surface area contributed by atoms with Crippen molar-refractivity contribution in [2.24, 2.45) is 0 Å². The van der Waals surface area contributed by atoms with Crippen LogP contribution in [0.3, 0.4) is 0 Å². The van der Waals surface area contributed by atoms with Crippen LogP contribution < -0.4 is 9.80 Å². The number of hydrogen-bond acceptors (Lipinski definition) is 2. The van der Waals surface area contributed by atoms with Crippen molar-refractivity contribution >= 4 is 34.1 Å². The van der Waals surface area contributed by atoms with Crippen molar-refractivity contribution in [3.8, 4) is 55.6 Å². The van der Waals surface area contributed by atoms with Crippen LogP contribution >= 0.6 is 0 Å². The third-order valence-electron chi connectivity index (χ3n) is 15.3. The van der Waals surface area contributed by atoms with Crippen molar-refractivity contribution in [3.05, 3.63) is 337 Å². The fourth-order valence-corrected chi connectivity index (χ4v) is 11.8. The summed E-state index contributed by atoms with van der Waals surface area (Å²) >= 11 is 0. The Hall–Kier alpha value is -9.76. The van der Waals surface area contributed by atoms with Crippen molar-refractivity contribution in [2.75, 3.05) is 9.80 Å². The molecule has 0 saturated heterocycles. The molecule has 12 aromatic carbocycles. The summed E-state index contributed by atoms with van der Waals surface area (Å²) in [5, 5.41) is 0. The van der Waals surface area contributed by atoms with Crippen LogP contribution in [0.15, 0.2) is 309 Å². The summed E-state index contributed by atoms with van der Waals surface area (Å²) in [5.41, 5.74) is 24.3. The van der Waals surface area contributed by atoms with E-state index in [4.69, 9.17) is 0 Å². The molecule has 12 aromatic rings. The predicted octanol–water partition coefficient (Wildman–Crippen LogP) is 20.0. The van der Waals surface area contributed by atoms with Gasteiger partial charge in [0, 0.05) is 34.1 Å². The first-order chi connectivity index (χ1) is 37.6. The monoisotopic (exact) mass is 970 g/mol. The van der Waals surface area contributed by atoms with Crippen molar-refractivity contribution in [2.45, 2.75) is 12.3 Å². The fraction of sp³-hybridized carbons (Fsp3) is 0.0270. The molecule has 0 bridgehead atoms. The van der Waals surface area contributed by atoms with Gasteiger partial charge in [0.25, 0.3) is 0 Å². The summed E-state index contributed by atoms with van der Waals surface area (Å²) in [4.78, 5) is 4.76. The number of rotatable bonds is 12. The van der Waals surface area contributed by atoms with E-state index in [1.807, 2.05) is 0 Å². The lowest BCUT2D eigenvalue weighted by Crippen LogP contribution is -2.28. The average Bonchev–Trinajstić information content (AvgIpc) is 3.84. The molecule has 0 atom stereocenters. The van der Waals surface area contributed by atoms with Crippen LogP contribution in [-0.2, 0) is 5.41 Å². The minimum atomic E-state index is -0.515. The molecule has 0 aliphatic heterocycles. The Morgan fingerprint density at radius 1 is 0.237 bits per heavy atom. The molecule has 0 radical (unpaired) electrons. The normalized spacial score (nSPS) is 12.1. The van der Waals surface area contributed by atoms with Gasteiger partial charge in [-0.2, -0.15) is 0 Å². The van der Waals surface area contributed by atoms with Gasteiger partial charge in [0.1, 0.15) is 0 Å². The van der Waals surface area contributed by atoms with Crippen molar-refractivity contribution < 1.29 is 0 Å². The van der Waals surface area contributed by atoms with Gasteiger partial charge in [-0.15, -0.1) is 0 Å². The van der Waals surface area contributed by atoms with Crippen LogP contribution in [0.25, 0.3) is 55.6 Å². The van der Waals surface area contributed by atoms with E-state index in [0.717, 1.165) is 45.3 Å². The first kappa shape index (κ1) is 46.1. The molecular weight excluding hydrogens is 917 g/mol. The minimum absolute atomic E-state index is 0.515. The average molecular weight is 971 g/mol. The van der Waals surface area contributed by atoms with E-state index in [1.165, 1.54) is 72.3 Å². The van der Waals surface area contributed by atoms with E-state index in [-0.39, 0.29) is 0 Å². The minimum Gasteiger partial charge on any atom is -0.310 e. The Balaban J connectivity index is 0.945. The van der Waals surface area contributed by atoms with Crippen LogP contribution in [0.4, 0.5) is 34.1 Å². The number of aryl methyl sites for hydroxylation is 1. The largest absolute Gasteiger partial charge is 0.310 e. The lowest BCUT2D eigenvalue weighted by molar-refractivity contribution is 0.768. The summed E-state index contributed by atoms with van der Waals surface area (Å²) in [6.45, 7) is 2.18. The molecule has 0 fully saturated rings. The van der Waals surface area contributed by atoms with Crippen LogP contribution in [0.5, 0.6) is 0 Å². The third-order valence-corrected chi connectivity index (χ3v) is 15.3. The van der Waals surface area contributed by atoms with E-state index in [1.54, 1.807) is 0 Å². The molecule has 0 spiro atoms. The van der Waals surface area contributed by atoms with E-state index < -0.39 is 5.41 Å². The second-order valence-electron chi connectivity index (χ2n) is 19.7. The summed E-state index contributed by atoms with van der Waals surface area (Å²) < 4.78 is 0. The lowest BCUT2D eigenvalue weighted by Gasteiger charge is -2.35. The summed E-state index contributed by atoms with van der Waals surface area (Å²) in [6, 6.07) is 113. The first-order valence-corrected chi connectivity index (χ1v) is 26.2. The smallest absolute Gasteiger partial charge is 0.0714 e. The molecule has 0 amide bonds. The highest BCUT2D eigenvalue weighted by molar-refractivity contribution is 5.96. The summed E-state index contributed by atoms with van der Waals surface area (Å²) in [6.07, 6.45) is 0. The maximum atomic E-state index is 2.45. The van der Waals surface area contributed by atoms with Crippen molar-refractivity contribution in [1.29, 1.82) is 0 Å². The Bertz CT molecular complexity index is 3910. The molecule has 0 unspecified atom stereocenters. The van der Waals surface area contributed by atoms with Crippen molar-refractivity contribution in [1.82, 2.24) is 0 Å². The van der Waals surface area contributed by atoms with Gasteiger partial charge in [-0.05, 0) is 169 Å². The molecule has 0 aromatic heterocycles. The molecule has 0 heterocycles. The second-order valence-corrected chi connectivity index (χ2v) is 19.7. The maximum absolute atomic E-state index is 2.45. The molecule has 13 rings (SSSR count). The van der Waals surface area contributed by atoms with Crippen LogP contribution in [0.1, 0.15) is 27.8 Å². The molecule has 360 valence electrons. The Labute approximate surface area is 446 Å². The third kappa shape index (κ3) is 8.18. The van der Waals surface area contributed by atoms with E-state index in [9.17, 15) is 0 Å². The van der Waals surface area contributed by atoms with E-state index in [0.29, 0.717) is 0 Å². The van der Waals surface area contributed by atoms with Gasteiger partial charge in [0.05, 0.1) is 5.41 Å². The number of para-hydroxylation sites is 3. The molecular formula is C74H54N2. The zero-order valence-corrected chi connectivity index (χ0v) is 42.3. The predicted molar refractivity (Wildman–Crippen MR) is 320 cm³/mol. The van der Waals surface area contributed by atoms with Gasteiger partial charge >= 0.3 is 0 Å². The summed E-state index contributed by atoms with van der Waals surface area (Å²) in [7, 11) is 0. The molecule has 2 heteroatoms. The number of anilines is 6. The van der Waals surface area contributed by atoms with Crippen LogP contribution in [0, 0.1) is 6.92 Å². The highest BCUT2D eigenvalue weighted by Gasteiger charge is 2.46. The van der Waals surface area contributed by atoms with Gasteiger partial charge in [-0.3, -0.25) is 0 Å². The van der Waals surface area contributed by atoms with Gasteiger partial charge in [-0.1, -0.05) is 231 Å². The standard InChI is InChI=1S/C74H54N2/c1-53-24-20-23-39-73(53)76(61-35-18-7-19-36-61)63-46-42-57(43-47-63)70-52-67(54-25-8-2-9-26-54)69(51-68(70)55-27-10-3-11-28-55)56-40-44-62(45-41-56)75(60-33-16-6-17-34-60)64-48-49-66-65-37-21-22-38-71(65)74(72(66)50-64,58-29-12-4-13-30-58)59-31-14-5-15-32-59/h2-52H,1H3. The highest BCUT2D eigenvalue weighted by Crippen LogP contribution is 2.57. The highest BCUT2D eigenvalue weighted by atomic mass is 15.1. The first-order valence-electron chi connectivity index (χ1n) is 26.2. The van der Waals surface area contributed by atoms with E-state index >= 15 is 0 Å². The van der Waals surface area contributed by atoms with Gasteiger partial charge in [-0.25, -0.2) is 0 Å². The van der Waals surface area contributed by atoms with Crippen molar-refractivity contribution in [3.63, 3.8) is 0 Å². The number of nitrogens with zero attached hydrogens (tertiary/aromatic N) is 2. The molecule has 0 N–H and O–H groups in total. The van der Waals surface area contributed by atoms with Gasteiger partial charge < -0.3 is 9.80 Å². The van der Waals surface area contributed by atoms with Crippen LogP contribution in [-0.4, -0.2) is 0 Å². The molecule has 76 heavy (non-hydrogen) atoms. The topological polar surface area (TPSA) is 6.48 Å². The molecule has 1 aliphatic carbocycles. The second kappa shape index (κ2) is 19.9. The molecule has 0 saturated carbocycles. The van der Waals surface area contributed by atoms with Gasteiger partial charge in [0.2, 0.25) is 0 Å².